The standard InChI is InChI=1S/C15H26N2O2/c1-9(2)17-6-5-12(8-17)16-14-11-4-3-10(7-11)13(14)15(18)19/h9-14,16H,3-8H2,1-2H3,(H,18,19). The predicted octanol–water partition coefficient (Wildman–Crippen LogP) is 1.56. The number of fused-ring (bicyclic) bond motifs is 2. The van der Waals surface area contributed by atoms with E-state index in [9.17, 15) is 9.90 Å². The second-order valence-electron chi connectivity index (χ2n) is 6.96. The Hall–Kier alpha value is -0.610. The topological polar surface area (TPSA) is 52.6 Å². The van der Waals surface area contributed by atoms with Gasteiger partial charge in [0.15, 0.2) is 0 Å². The molecule has 0 radical (unpaired) electrons. The minimum absolute atomic E-state index is 0.133. The molecule has 5 unspecified atom stereocenters. The van der Waals surface area contributed by atoms with E-state index < -0.39 is 5.97 Å². The Morgan fingerprint density at radius 1 is 1.26 bits per heavy atom. The summed E-state index contributed by atoms with van der Waals surface area (Å²) in [4.78, 5) is 14.0. The summed E-state index contributed by atoms with van der Waals surface area (Å²) in [6, 6.07) is 1.32. The van der Waals surface area contributed by atoms with Crippen molar-refractivity contribution in [3.05, 3.63) is 0 Å². The van der Waals surface area contributed by atoms with Gasteiger partial charge in [-0.2, -0.15) is 0 Å². The maximum absolute atomic E-state index is 11.5. The number of likely N-dealkylation sites (tertiary alicyclic amines) is 1. The lowest BCUT2D eigenvalue weighted by molar-refractivity contribution is -0.144. The predicted molar refractivity (Wildman–Crippen MR) is 74.0 cm³/mol. The largest absolute Gasteiger partial charge is 0.481 e. The maximum atomic E-state index is 11.5. The molecular weight excluding hydrogens is 240 g/mol. The van der Waals surface area contributed by atoms with Gasteiger partial charge < -0.3 is 10.4 Å². The summed E-state index contributed by atoms with van der Waals surface area (Å²) >= 11 is 0. The van der Waals surface area contributed by atoms with Crippen molar-refractivity contribution in [1.29, 1.82) is 0 Å². The van der Waals surface area contributed by atoms with Crippen molar-refractivity contribution in [2.24, 2.45) is 17.8 Å². The molecule has 0 spiro atoms. The maximum Gasteiger partial charge on any atom is 0.308 e. The Morgan fingerprint density at radius 3 is 2.63 bits per heavy atom. The Balaban J connectivity index is 1.62. The van der Waals surface area contributed by atoms with Crippen LogP contribution in [0.1, 0.15) is 39.5 Å². The van der Waals surface area contributed by atoms with Crippen LogP contribution < -0.4 is 5.32 Å². The molecule has 2 bridgehead atoms. The van der Waals surface area contributed by atoms with Crippen LogP contribution in [0.25, 0.3) is 0 Å². The highest BCUT2D eigenvalue weighted by atomic mass is 16.4. The number of carbonyl (C=O) groups is 1. The van der Waals surface area contributed by atoms with Crippen molar-refractivity contribution >= 4 is 5.97 Å². The van der Waals surface area contributed by atoms with Gasteiger partial charge in [-0.3, -0.25) is 9.69 Å². The third-order valence-corrected chi connectivity index (χ3v) is 5.58. The van der Waals surface area contributed by atoms with Gasteiger partial charge in [-0.25, -0.2) is 0 Å². The van der Waals surface area contributed by atoms with Gasteiger partial charge in [0, 0.05) is 24.7 Å². The third-order valence-electron chi connectivity index (χ3n) is 5.58. The molecule has 108 valence electrons. The smallest absolute Gasteiger partial charge is 0.308 e. The molecular formula is C15H26N2O2. The zero-order chi connectivity index (χ0) is 13.6. The van der Waals surface area contributed by atoms with E-state index >= 15 is 0 Å². The van der Waals surface area contributed by atoms with Crippen molar-refractivity contribution in [1.82, 2.24) is 10.2 Å². The molecule has 1 saturated heterocycles. The number of carboxylic acids is 1. The second-order valence-corrected chi connectivity index (χ2v) is 6.96. The van der Waals surface area contributed by atoms with Gasteiger partial charge in [0.1, 0.15) is 0 Å². The van der Waals surface area contributed by atoms with E-state index in [1.807, 2.05) is 0 Å². The zero-order valence-electron chi connectivity index (χ0n) is 12.0. The fourth-order valence-electron chi connectivity index (χ4n) is 4.55. The lowest BCUT2D eigenvalue weighted by Gasteiger charge is -2.31. The molecule has 1 aliphatic heterocycles. The van der Waals surface area contributed by atoms with Gasteiger partial charge in [-0.1, -0.05) is 0 Å². The van der Waals surface area contributed by atoms with Gasteiger partial charge in [0.05, 0.1) is 5.92 Å². The normalized spacial score (nSPS) is 42.4. The Bertz CT molecular complexity index is 358. The van der Waals surface area contributed by atoms with Crippen molar-refractivity contribution in [2.75, 3.05) is 13.1 Å². The summed E-state index contributed by atoms with van der Waals surface area (Å²) in [5.74, 6) is 0.331. The summed E-state index contributed by atoms with van der Waals surface area (Å²) in [6.45, 7) is 6.70. The van der Waals surface area contributed by atoms with Crippen LogP contribution in [0.3, 0.4) is 0 Å². The van der Waals surface area contributed by atoms with Crippen LogP contribution in [0.2, 0.25) is 0 Å². The first-order chi connectivity index (χ1) is 9.06. The number of hydrogen-bond acceptors (Lipinski definition) is 3. The molecule has 1 heterocycles. The van der Waals surface area contributed by atoms with Gasteiger partial charge in [-0.15, -0.1) is 0 Å². The average molecular weight is 266 g/mol. The zero-order valence-corrected chi connectivity index (χ0v) is 12.0. The number of hydrogen-bond donors (Lipinski definition) is 2. The molecule has 4 heteroatoms. The number of carboxylic acid groups (broad SMARTS) is 1. The first kappa shape index (κ1) is 13.4. The molecule has 5 atom stereocenters. The van der Waals surface area contributed by atoms with Crippen molar-refractivity contribution in [2.45, 2.75) is 57.7 Å². The highest BCUT2D eigenvalue weighted by Gasteiger charge is 2.51. The van der Waals surface area contributed by atoms with Crippen LogP contribution >= 0.6 is 0 Å². The van der Waals surface area contributed by atoms with Crippen LogP contribution in [-0.2, 0) is 4.79 Å². The van der Waals surface area contributed by atoms with Gasteiger partial charge >= 0.3 is 5.97 Å². The first-order valence-electron chi connectivity index (χ1n) is 7.79. The Kier molecular flexibility index (Phi) is 3.56. The molecule has 2 aliphatic carbocycles. The van der Waals surface area contributed by atoms with E-state index in [4.69, 9.17) is 0 Å². The van der Waals surface area contributed by atoms with Crippen molar-refractivity contribution in [3.63, 3.8) is 0 Å². The highest BCUT2D eigenvalue weighted by Crippen LogP contribution is 2.48. The number of rotatable bonds is 4. The fourth-order valence-corrected chi connectivity index (χ4v) is 4.55. The van der Waals surface area contributed by atoms with Crippen LogP contribution in [0.5, 0.6) is 0 Å². The van der Waals surface area contributed by atoms with Crippen LogP contribution in [-0.4, -0.2) is 47.2 Å². The molecule has 2 N–H and O–H groups in total. The summed E-state index contributed by atoms with van der Waals surface area (Å²) < 4.78 is 0. The first-order valence-corrected chi connectivity index (χ1v) is 7.79. The molecule has 0 amide bonds. The SMILES string of the molecule is CC(C)N1CCC(NC2C3CCC(C3)C2C(=O)O)C1. The van der Waals surface area contributed by atoms with Gasteiger partial charge in [0.25, 0.3) is 0 Å². The quantitative estimate of drug-likeness (QED) is 0.811. The van der Waals surface area contributed by atoms with Crippen LogP contribution in [0.4, 0.5) is 0 Å². The molecule has 3 aliphatic rings. The van der Waals surface area contributed by atoms with E-state index in [0.717, 1.165) is 25.9 Å². The van der Waals surface area contributed by atoms with Gasteiger partial charge in [-0.05, 0) is 57.9 Å². The Labute approximate surface area is 115 Å². The molecule has 0 aromatic carbocycles. The molecule has 0 aromatic heterocycles. The highest BCUT2D eigenvalue weighted by molar-refractivity contribution is 5.72. The number of nitrogens with zero attached hydrogens (tertiary/aromatic N) is 1. The second kappa shape index (κ2) is 5.06. The van der Waals surface area contributed by atoms with Crippen LogP contribution in [0, 0.1) is 17.8 Å². The molecule has 2 saturated carbocycles. The van der Waals surface area contributed by atoms with E-state index in [2.05, 4.69) is 24.1 Å². The van der Waals surface area contributed by atoms with Crippen LogP contribution in [0.15, 0.2) is 0 Å². The molecule has 3 rings (SSSR count). The average Bonchev–Trinajstić information content (AvgIpc) is 3.02. The minimum atomic E-state index is -0.580. The number of aliphatic carboxylic acids is 1. The lowest BCUT2D eigenvalue weighted by Crippen LogP contribution is -2.49. The molecule has 3 fully saturated rings. The summed E-state index contributed by atoms with van der Waals surface area (Å²) in [5, 5.41) is 13.2. The molecule has 4 nitrogen and oxygen atoms in total. The van der Waals surface area contributed by atoms with Crippen molar-refractivity contribution < 1.29 is 9.90 Å². The van der Waals surface area contributed by atoms with E-state index in [-0.39, 0.29) is 12.0 Å². The molecule has 19 heavy (non-hydrogen) atoms. The van der Waals surface area contributed by atoms with E-state index in [1.54, 1.807) is 0 Å². The monoisotopic (exact) mass is 266 g/mol. The summed E-state index contributed by atoms with van der Waals surface area (Å²) in [7, 11) is 0. The van der Waals surface area contributed by atoms with E-state index in [1.165, 1.54) is 12.8 Å². The number of nitrogens with one attached hydrogen (secondary N) is 1. The Morgan fingerprint density at radius 2 is 2.00 bits per heavy atom. The third kappa shape index (κ3) is 2.40. The fraction of sp³-hybridized carbons (Fsp3) is 0.933. The lowest BCUT2D eigenvalue weighted by atomic mass is 9.84. The molecule has 0 aromatic rings. The minimum Gasteiger partial charge on any atom is -0.481 e. The van der Waals surface area contributed by atoms with Crippen molar-refractivity contribution in [3.8, 4) is 0 Å². The van der Waals surface area contributed by atoms with Gasteiger partial charge in [0.2, 0.25) is 0 Å². The summed E-state index contributed by atoms with van der Waals surface area (Å²) in [5.41, 5.74) is 0. The van der Waals surface area contributed by atoms with E-state index in [0.29, 0.717) is 23.9 Å². The summed E-state index contributed by atoms with van der Waals surface area (Å²) in [6.07, 6.45) is 4.66.